The maximum Gasteiger partial charge on any atom is 0.405 e. The first-order valence-corrected chi connectivity index (χ1v) is 9.79. The molecule has 8 heteroatoms. The fourth-order valence-corrected chi connectivity index (χ4v) is 3.38. The lowest BCUT2D eigenvalue weighted by Gasteiger charge is -2.14. The maximum atomic E-state index is 13.5. The molecule has 1 N–H and O–H groups in total. The van der Waals surface area contributed by atoms with Crippen LogP contribution in [0.25, 0.3) is 27.7 Å². The van der Waals surface area contributed by atoms with E-state index >= 15 is 0 Å². The van der Waals surface area contributed by atoms with Gasteiger partial charge in [0.1, 0.15) is 12.4 Å². The molecular weight excluding hydrogens is 427 g/mol. The average molecular weight is 444 g/mol. The van der Waals surface area contributed by atoms with E-state index in [0.29, 0.717) is 27.2 Å². The fourth-order valence-electron chi connectivity index (χ4n) is 3.26. The molecule has 2 aromatic carbocycles. The number of pyridine rings is 2. The Labute approximate surface area is 180 Å². The third-order valence-corrected chi connectivity index (χ3v) is 5.03. The topological polar surface area (TPSA) is 46.9 Å². The normalized spacial score (nSPS) is 11.6. The number of nitrogens with one attached hydrogen (secondary N) is 1. The molecule has 0 amide bonds. The molecule has 2 aromatic heterocycles. The van der Waals surface area contributed by atoms with Crippen LogP contribution < -0.4 is 10.9 Å². The van der Waals surface area contributed by atoms with Crippen LogP contribution in [0.2, 0.25) is 5.02 Å². The van der Waals surface area contributed by atoms with Gasteiger partial charge in [-0.05, 0) is 48.9 Å². The van der Waals surface area contributed by atoms with Gasteiger partial charge in [0, 0.05) is 22.3 Å². The second-order valence-electron chi connectivity index (χ2n) is 7.12. The van der Waals surface area contributed by atoms with E-state index in [4.69, 9.17) is 11.6 Å². The smallest absolute Gasteiger partial charge is 0.361 e. The number of hydrogen-bond acceptors (Lipinski definition) is 3. The molecule has 0 bridgehead atoms. The maximum absolute atomic E-state index is 13.5. The van der Waals surface area contributed by atoms with Gasteiger partial charge in [-0.2, -0.15) is 13.2 Å². The second-order valence-corrected chi connectivity index (χ2v) is 7.56. The third-order valence-electron chi connectivity index (χ3n) is 4.78. The molecule has 0 radical (unpaired) electrons. The summed E-state index contributed by atoms with van der Waals surface area (Å²) in [6.07, 6.45) is -2.74. The largest absolute Gasteiger partial charge is 0.405 e. The lowest BCUT2D eigenvalue weighted by atomic mass is 10.0. The Kier molecular flexibility index (Phi) is 5.45. The number of rotatable bonds is 4. The van der Waals surface area contributed by atoms with E-state index in [1.807, 2.05) is 31.2 Å². The van der Waals surface area contributed by atoms with Gasteiger partial charge in [-0.3, -0.25) is 9.36 Å². The van der Waals surface area contributed by atoms with Crippen LogP contribution in [0.1, 0.15) is 5.56 Å². The summed E-state index contributed by atoms with van der Waals surface area (Å²) in [6.45, 7) is 0.730. The van der Waals surface area contributed by atoms with Gasteiger partial charge in [-0.15, -0.1) is 0 Å². The highest BCUT2D eigenvalue weighted by molar-refractivity contribution is 6.30. The number of hydrogen-bond donors (Lipinski definition) is 1. The number of aryl methyl sites for hydroxylation is 1. The minimum atomic E-state index is -4.38. The molecule has 0 saturated carbocycles. The first kappa shape index (κ1) is 20.9. The van der Waals surface area contributed by atoms with Gasteiger partial charge >= 0.3 is 6.18 Å². The standard InChI is InChI=1S/C23H17ClF3N3O/c1-14-2-9-18(10-3-14)30-12-16-6-11-19(28-13-23(25,26)27)29-21(16)20(22(30)31)15-4-7-17(24)8-5-15/h2-12H,13H2,1H3,(H,28,29). The van der Waals surface area contributed by atoms with Crippen LogP contribution in [0.3, 0.4) is 0 Å². The summed E-state index contributed by atoms with van der Waals surface area (Å²) in [5, 5.41) is 3.39. The van der Waals surface area contributed by atoms with Crippen LogP contribution in [0, 0.1) is 6.92 Å². The van der Waals surface area contributed by atoms with Gasteiger partial charge in [-0.25, -0.2) is 4.98 Å². The highest BCUT2D eigenvalue weighted by Gasteiger charge is 2.27. The Hall–Kier alpha value is -3.32. The highest BCUT2D eigenvalue weighted by atomic mass is 35.5. The molecule has 2 heterocycles. The van der Waals surface area contributed by atoms with Crippen molar-refractivity contribution >= 4 is 28.3 Å². The van der Waals surface area contributed by atoms with Gasteiger partial charge < -0.3 is 5.32 Å². The van der Waals surface area contributed by atoms with E-state index in [0.717, 1.165) is 5.56 Å². The number of anilines is 1. The lowest BCUT2D eigenvalue weighted by molar-refractivity contribution is -0.115. The minimum Gasteiger partial charge on any atom is -0.361 e. The Morgan fingerprint density at radius 2 is 1.68 bits per heavy atom. The molecule has 0 unspecified atom stereocenters. The summed E-state index contributed by atoms with van der Waals surface area (Å²) in [6, 6.07) is 17.3. The quantitative estimate of drug-likeness (QED) is 0.421. The van der Waals surface area contributed by atoms with Gasteiger partial charge in [0.05, 0.1) is 11.1 Å². The van der Waals surface area contributed by atoms with Crippen LogP contribution in [-0.4, -0.2) is 22.3 Å². The van der Waals surface area contributed by atoms with E-state index in [9.17, 15) is 18.0 Å². The number of fused-ring (bicyclic) bond motifs is 1. The van der Waals surface area contributed by atoms with Crippen molar-refractivity contribution in [1.29, 1.82) is 0 Å². The lowest BCUT2D eigenvalue weighted by Crippen LogP contribution is -2.22. The van der Waals surface area contributed by atoms with Gasteiger partial charge in [-0.1, -0.05) is 41.4 Å². The van der Waals surface area contributed by atoms with Gasteiger partial charge in [0.2, 0.25) is 0 Å². The molecule has 0 aliphatic carbocycles. The summed E-state index contributed by atoms with van der Waals surface area (Å²) < 4.78 is 39.4. The summed E-state index contributed by atoms with van der Waals surface area (Å²) in [4.78, 5) is 17.8. The second kappa shape index (κ2) is 8.07. The number of alkyl halides is 3. The number of nitrogens with zero attached hydrogens (tertiary/aromatic N) is 2. The molecule has 0 spiro atoms. The van der Waals surface area contributed by atoms with Crippen molar-refractivity contribution in [2.75, 3.05) is 11.9 Å². The average Bonchev–Trinajstić information content (AvgIpc) is 2.73. The van der Waals surface area contributed by atoms with Crippen LogP contribution in [0.5, 0.6) is 0 Å². The van der Waals surface area contributed by atoms with E-state index in [1.54, 1.807) is 36.5 Å². The van der Waals surface area contributed by atoms with Crippen LogP contribution in [0.4, 0.5) is 19.0 Å². The molecular formula is C23H17ClF3N3O. The van der Waals surface area contributed by atoms with Crippen LogP contribution in [-0.2, 0) is 0 Å². The first-order chi connectivity index (χ1) is 14.7. The Balaban J connectivity index is 1.94. The van der Waals surface area contributed by atoms with E-state index in [1.165, 1.54) is 10.6 Å². The summed E-state index contributed by atoms with van der Waals surface area (Å²) in [5.41, 5.74) is 2.55. The van der Waals surface area contributed by atoms with Crippen LogP contribution >= 0.6 is 11.6 Å². The van der Waals surface area contributed by atoms with Crippen molar-refractivity contribution in [3.8, 4) is 16.8 Å². The van der Waals surface area contributed by atoms with Gasteiger partial charge in [0.15, 0.2) is 0 Å². The molecule has 4 nitrogen and oxygen atoms in total. The fraction of sp³-hybridized carbons (Fsp3) is 0.130. The van der Waals surface area contributed by atoms with Crippen LogP contribution in [0.15, 0.2) is 71.7 Å². The van der Waals surface area contributed by atoms with Crippen molar-refractivity contribution in [2.45, 2.75) is 13.1 Å². The number of aromatic nitrogens is 2. The van der Waals surface area contributed by atoms with Crippen molar-refractivity contribution in [3.63, 3.8) is 0 Å². The molecule has 4 rings (SSSR count). The zero-order valence-corrected chi connectivity index (χ0v) is 17.1. The Morgan fingerprint density at radius 1 is 1.00 bits per heavy atom. The van der Waals surface area contributed by atoms with Crippen molar-refractivity contribution in [3.05, 3.63) is 87.8 Å². The Morgan fingerprint density at radius 3 is 2.32 bits per heavy atom. The van der Waals surface area contributed by atoms with Crippen molar-refractivity contribution in [1.82, 2.24) is 9.55 Å². The highest BCUT2D eigenvalue weighted by Crippen LogP contribution is 2.28. The number of benzene rings is 2. The number of halogens is 4. The third kappa shape index (κ3) is 4.56. The molecule has 0 aliphatic heterocycles. The zero-order chi connectivity index (χ0) is 22.2. The molecule has 158 valence electrons. The predicted octanol–water partition coefficient (Wildman–Crippen LogP) is 5.99. The summed E-state index contributed by atoms with van der Waals surface area (Å²) in [5.74, 6) is 0.0347. The van der Waals surface area contributed by atoms with E-state index in [-0.39, 0.29) is 16.9 Å². The Bertz CT molecular complexity index is 1300. The van der Waals surface area contributed by atoms with Crippen molar-refractivity contribution < 1.29 is 13.2 Å². The van der Waals surface area contributed by atoms with Crippen molar-refractivity contribution in [2.24, 2.45) is 0 Å². The monoisotopic (exact) mass is 443 g/mol. The molecule has 0 aliphatic rings. The molecule has 0 saturated heterocycles. The SMILES string of the molecule is Cc1ccc(-n2cc3ccc(NCC(F)(F)F)nc3c(-c3ccc(Cl)cc3)c2=O)cc1. The van der Waals surface area contributed by atoms with E-state index < -0.39 is 12.7 Å². The van der Waals surface area contributed by atoms with Gasteiger partial charge in [0.25, 0.3) is 5.56 Å². The predicted molar refractivity (Wildman–Crippen MR) is 117 cm³/mol. The molecule has 0 atom stereocenters. The molecule has 4 aromatic rings. The summed E-state index contributed by atoms with van der Waals surface area (Å²) >= 11 is 5.99. The molecule has 0 fully saturated rings. The van der Waals surface area contributed by atoms with E-state index in [2.05, 4.69) is 10.3 Å². The minimum absolute atomic E-state index is 0.0347. The molecule has 31 heavy (non-hydrogen) atoms. The summed E-state index contributed by atoms with van der Waals surface area (Å²) in [7, 11) is 0. The zero-order valence-electron chi connectivity index (χ0n) is 16.4. The first-order valence-electron chi connectivity index (χ1n) is 9.41.